The van der Waals surface area contributed by atoms with E-state index in [1.54, 1.807) is 18.1 Å². The summed E-state index contributed by atoms with van der Waals surface area (Å²) in [6.07, 6.45) is 4.49. The van der Waals surface area contributed by atoms with Crippen LogP contribution in [0.15, 0.2) is 64.6 Å². The average Bonchev–Trinajstić information content (AvgIpc) is 2.99. The predicted molar refractivity (Wildman–Crippen MR) is 91.7 cm³/mol. The molecule has 0 aliphatic carbocycles. The van der Waals surface area contributed by atoms with Crippen molar-refractivity contribution in [3.8, 4) is 0 Å². The van der Waals surface area contributed by atoms with E-state index in [4.69, 9.17) is 0 Å². The first-order valence-electron chi connectivity index (χ1n) is 6.96. The largest absolute Gasteiger partial charge is 0.308 e. The van der Waals surface area contributed by atoms with E-state index >= 15 is 0 Å². The Morgan fingerprint density at radius 3 is 2.91 bits per heavy atom. The third-order valence-corrected chi connectivity index (χ3v) is 4.72. The zero-order valence-electron chi connectivity index (χ0n) is 11.9. The molecule has 0 bridgehead atoms. The van der Waals surface area contributed by atoms with Crippen LogP contribution in [0.2, 0.25) is 0 Å². The lowest BCUT2D eigenvalue weighted by atomic mass is 10.2. The van der Waals surface area contributed by atoms with E-state index in [1.807, 2.05) is 36.5 Å². The number of thioether (sulfide) groups is 1. The SMILES string of the molecule is Brc1cccc(CSc2nncn2CCc2ccccn2)c1. The number of halogens is 1. The summed E-state index contributed by atoms with van der Waals surface area (Å²) < 4.78 is 3.18. The van der Waals surface area contributed by atoms with E-state index in [2.05, 4.69) is 47.8 Å². The molecule has 0 amide bonds. The van der Waals surface area contributed by atoms with Gasteiger partial charge in [0.2, 0.25) is 0 Å². The van der Waals surface area contributed by atoms with Gasteiger partial charge in [0.05, 0.1) is 0 Å². The number of pyridine rings is 1. The minimum absolute atomic E-state index is 0.838. The Morgan fingerprint density at radius 2 is 2.09 bits per heavy atom. The van der Waals surface area contributed by atoms with Gasteiger partial charge in [0.25, 0.3) is 0 Å². The van der Waals surface area contributed by atoms with E-state index in [9.17, 15) is 0 Å². The molecule has 0 aliphatic rings. The van der Waals surface area contributed by atoms with E-state index in [-0.39, 0.29) is 0 Å². The average molecular weight is 375 g/mol. The van der Waals surface area contributed by atoms with E-state index in [1.165, 1.54) is 5.56 Å². The summed E-state index contributed by atoms with van der Waals surface area (Å²) in [5.74, 6) is 0.877. The van der Waals surface area contributed by atoms with Crippen LogP contribution in [0.4, 0.5) is 0 Å². The van der Waals surface area contributed by atoms with Crippen molar-refractivity contribution in [2.75, 3.05) is 0 Å². The smallest absolute Gasteiger partial charge is 0.191 e. The van der Waals surface area contributed by atoms with Crippen LogP contribution in [-0.2, 0) is 18.7 Å². The van der Waals surface area contributed by atoms with Gasteiger partial charge in [0.1, 0.15) is 6.33 Å². The van der Waals surface area contributed by atoms with Crippen molar-refractivity contribution < 1.29 is 0 Å². The van der Waals surface area contributed by atoms with Gasteiger partial charge in [-0.25, -0.2) is 0 Å². The van der Waals surface area contributed by atoms with Crippen molar-refractivity contribution in [1.82, 2.24) is 19.7 Å². The van der Waals surface area contributed by atoms with E-state index in [0.717, 1.165) is 34.0 Å². The molecule has 3 rings (SSSR count). The first-order chi connectivity index (χ1) is 10.8. The molecular weight excluding hydrogens is 360 g/mol. The number of aryl methyl sites for hydroxylation is 2. The molecule has 2 heterocycles. The van der Waals surface area contributed by atoms with Gasteiger partial charge in [0, 0.05) is 35.1 Å². The first kappa shape index (κ1) is 15.2. The third-order valence-electron chi connectivity index (χ3n) is 3.17. The molecule has 0 saturated carbocycles. The number of aromatic nitrogens is 4. The third kappa shape index (κ3) is 4.18. The summed E-state index contributed by atoms with van der Waals surface area (Å²) >= 11 is 5.20. The Hall–Kier alpha value is -1.66. The van der Waals surface area contributed by atoms with Gasteiger partial charge in [-0.2, -0.15) is 0 Å². The molecule has 0 unspecified atom stereocenters. The lowest BCUT2D eigenvalue weighted by molar-refractivity contribution is 0.626. The number of benzene rings is 1. The zero-order valence-corrected chi connectivity index (χ0v) is 14.3. The highest BCUT2D eigenvalue weighted by molar-refractivity contribution is 9.10. The maximum atomic E-state index is 4.34. The Balaban J connectivity index is 1.60. The number of hydrogen-bond donors (Lipinski definition) is 0. The van der Waals surface area contributed by atoms with E-state index < -0.39 is 0 Å². The highest BCUT2D eigenvalue weighted by Gasteiger charge is 2.06. The van der Waals surface area contributed by atoms with Gasteiger partial charge >= 0.3 is 0 Å². The molecule has 112 valence electrons. The molecule has 3 aromatic rings. The molecule has 0 aliphatic heterocycles. The molecule has 22 heavy (non-hydrogen) atoms. The molecule has 1 aromatic carbocycles. The number of nitrogens with zero attached hydrogens (tertiary/aromatic N) is 4. The van der Waals surface area contributed by atoms with Crippen LogP contribution < -0.4 is 0 Å². The predicted octanol–water partition coefficient (Wildman–Crippen LogP) is 3.97. The van der Waals surface area contributed by atoms with Crippen molar-refractivity contribution in [3.05, 3.63) is 70.7 Å². The fraction of sp³-hybridized carbons (Fsp3) is 0.188. The molecule has 0 spiro atoms. The Kier molecular flexibility index (Phi) is 5.24. The Labute approximate surface area is 142 Å². The fourth-order valence-electron chi connectivity index (χ4n) is 2.07. The van der Waals surface area contributed by atoms with Crippen LogP contribution in [0.5, 0.6) is 0 Å². The fourth-order valence-corrected chi connectivity index (χ4v) is 3.40. The highest BCUT2D eigenvalue weighted by Crippen LogP contribution is 2.22. The van der Waals surface area contributed by atoms with Crippen LogP contribution >= 0.6 is 27.7 Å². The van der Waals surface area contributed by atoms with Gasteiger partial charge in [-0.05, 0) is 29.8 Å². The lowest BCUT2D eigenvalue weighted by Gasteiger charge is -2.06. The standard InChI is InChI=1S/C16H15BrN4S/c17-14-5-3-4-13(10-14)11-22-16-20-19-12-21(16)9-7-15-6-1-2-8-18-15/h1-6,8,10,12H,7,9,11H2. The van der Waals surface area contributed by atoms with Crippen molar-refractivity contribution in [1.29, 1.82) is 0 Å². The summed E-state index contributed by atoms with van der Waals surface area (Å²) in [5, 5.41) is 9.18. The molecule has 0 atom stereocenters. The second-order valence-electron chi connectivity index (χ2n) is 4.80. The summed E-state index contributed by atoms with van der Waals surface area (Å²) in [4.78, 5) is 4.34. The first-order valence-corrected chi connectivity index (χ1v) is 8.74. The molecule has 0 radical (unpaired) electrons. The Bertz CT molecular complexity index is 730. The van der Waals surface area contributed by atoms with Gasteiger partial charge in [-0.15, -0.1) is 10.2 Å². The normalized spacial score (nSPS) is 10.8. The molecule has 6 heteroatoms. The van der Waals surface area contributed by atoms with E-state index in [0.29, 0.717) is 0 Å². The number of hydrogen-bond acceptors (Lipinski definition) is 4. The zero-order chi connectivity index (χ0) is 15.2. The summed E-state index contributed by atoms with van der Waals surface area (Å²) in [5.41, 5.74) is 2.35. The second-order valence-corrected chi connectivity index (χ2v) is 6.65. The van der Waals surface area contributed by atoms with Crippen molar-refractivity contribution in [2.24, 2.45) is 0 Å². The maximum absolute atomic E-state index is 4.34. The molecule has 4 nitrogen and oxygen atoms in total. The maximum Gasteiger partial charge on any atom is 0.191 e. The molecule has 0 fully saturated rings. The molecule has 2 aromatic heterocycles. The summed E-state index contributed by atoms with van der Waals surface area (Å²) in [6.45, 7) is 0.838. The molecule has 0 saturated heterocycles. The van der Waals surface area contributed by atoms with Crippen LogP contribution in [0.3, 0.4) is 0 Å². The quantitative estimate of drug-likeness (QED) is 0.612. The van der Waals surface area contributed by atoms with Gasteiger partial charge in [-0.1, -0.05) is 45.9 Å². The minimum Gasteiger partial charge on any atom is -0.308 e. The minimum atomic E-state index is 0.838. The second kappa shape index (κ2) is 7.56. The van der Waals surface area contributed by atoms with Crippen molar-refractivity contribution >= 4 is 27.7 Å². The highest BCUT2D eigenvalue weighted by atomic mass is 79.9. The van der Waals surface area contributed by atoms with Crippen LogP contribution in [0.1, 0.15) is 11.3 Å². The summed E-state index contributed by atoms with van der Waals surface area (Å²) in [6, 6.07) is 14.3. The molecule has 0 N–H and O–H groups in total. The van der Waals surface area contributed by atoms with Gasteiger partial charge < -0.3 is 4.57 Å². The summed E-state index contributed by atoms with van der Waals surface area (Å²) in [7, 11) is 0. The molecular formula is C16H15BrN4S. The van der Waals surface area contributed by atoms with Crippen molar-refractivity contribution in [3.63, 3.8) is 0 Å². The Morgan fingerprint density at radius 1 is 1.14 bits per heavy atom. The monoisotopic (exact) mass is 374 g/mol. The topological polar surface area (TPSA) is 43.6 Å². The van der Waals surface area contributed by atoms with Crippen molar-refractivity contribution in [2.45, 2.75) is 23.9 Å². The lowest BCUT2D eigenvalue weighted by Crippen LogP contribution is -2.03. The van der Waals surface area contributed by atoms with Gasteiger partial charge in [0.15, 0.2) is 5.16 Å². The van der Waals surface area contributed by atoms with Gasteiger partial charge in [-0.3, -0.25) is 4.98 Å². The van der Waals surface area contributed by atoms with Crippen LogP contribution in [-0.4, -0.2) is 19.7 Å². The van der Waals surface area contributed by atoms with Crippen LogP contribution in [0, 0.1) is 0 Å². The van der Waals surface area contributed by atoms with Crippen LogP contribution in [0.25, 0.3) is 0 Å². The number of rotatable bonds is 6.